The van der Waals surface area contributed by atoms with Crippen LogP contribution in [0.3, 0.4) is 0 Å². The Labute approximate surface area is 139 Å². The molecule has 1 N–H and O–H groups in total. The second-order valence-corrected chi connectivity index (χ2v) is 6.92. The number of carbonyl (C=O) groups is 3. The highest BCUT2D eigenvalue weighted by atomic mass is 16.3. The number of hydrazone groups is 1. The summed E-state index contributed by atoms with van der Waals surface area (Å²) in [5.41, 5.74) is 0.524. The zero-order chi connectivity index (χ0) is 17.6. The molecule has 0 radical (unpaired) electrons. The molecule has 0 fully saturated rings. The smallest absolute Gasteiger partial charge is 0.282 e. The third kappa shape index (κ3) is 2.54. The van der Waals surface area contributed by atoms with Crippen molar-refractivity contribution in [1.82, 2.24) is 5.01 Å². The number of allylic oxidation sites excluding steroid dienone is 2. The number of Topliss-reactive ketones (excluding diaryl/α,β-unsaturated/α-hetero) is 1. The third-order valence-electron chi connectivity index (χ3n) is 4.24. The maximum absolute atomic E-state index is 12.3. The molecule has 6 heteroatoms. The Balaban J connectivity index is 1.97. The van der Waals surface area contributed by atoms with Crippen LogP contribution in [0.1, 0.15) is 54.3 Å². The lowest BCUT2D eigenvalue weighted by molar-refractivity contribution is -0.118. The van der Waals surface area contributed by atoms with Gasteiger partial charge in [0.1, 0.15) is 5.76 Å². The zero-order valence-corrected chi connectivity index (χ0v) is 13.8. The van der Waals surface area contributed by atoms with E-state index in [1.165, 1.54) is 6.92 Å². The summed E-state index contributed by atoms with van der Waals surface area (Å²) in [6, 6.07) is 6.47. The van der Waals surface area contributed by atoms with Crippen LogP contribution in [0.4, 0.5) is 0 Å². The van der Waals surface area contributed by atoms with E-state index < -0.39 is 11.8 Å². The number of benzene rings is 1. The summed E-state index contributed by atoms with van der Waals surface area (Å²) in [6.45, 7) is 5.31. The van der Waals surface area contributed by atoms with Gasteiger partial charge in [-0.25, -0.2) is 0 Å². The Morgan fingerprint density at radius 3 is 2.12 bits per heavy atom. The van der Waals surface area contributed by atoms with Crippen LogP contribution in [-0.2, 0) is 4.79 Å². The van der Waals surface area contributed by atoms with Gasteiger partial charge in [-0.3, -0.25) is 14.4 Å². The Bertz CT molecular complexity index is 798. The van der Waals surface area contributed by atoms with Crippen molar-refractivity contribution in [2.24, 2.45) is 10.5 Å². The number of ketones is 1. The van der Waals surface area contributed by atoms with E-state index in [1.54, 1.807) is 24.3 Å². The van der Waals surface area contributed by atoms with Crippen LogP contribution < -0.4 is 0 Å². The van der Waals surface area contributed by atoms with Crippen LogP contribution in [-0.4, -0.2) is 33.4 Å². The van der Waals surface area contributed by atoms with E-state index >= 15 is 0 Å². The van der Waals surface area contributed by atoms with Crippen molar-refractivity contribution < 1.29 is 19.5 Å². The standard InChI is InChI=1S/C18H18N2O4/c1-10(15-13(21)8-18(2,3)9-14(15)22)19-20-16(23)11-6-4-5-7-12(11)17(20)24/h4-7,21H,8-9H2,1-3H3. The molecule has 124 valence electrons. The molecule has 0 aromatic heterocycles. The van der Waals surface area contributed by atoms with Gasteiger partial charge in [0.15, 0.2) is 5.78 Å². The second-order valence-electron chi connectivity index (χ2n) is 6.92. The molecule has 1 aromatic rings. The molecular weight excluding hydrogens is 308 g/mol. The average molecular weight is 326 g/mol. The first-order valence-corrected chi connectivity index (χ1v) is 7.70. The predicted molar refractivity (Wildman–Crippen MR) is 87.7 cm³/mol. The van der Waals surface area contributed by atoms with Gasteiger partial charge in [0, 0.05) is 12.8 Å². The first-order chi connectivity index (χ1) is 11.2. The molecule has 0 unspecified atom stereocenters. The molecule has 1 heterocycles. The van der Waals surface area contributed by atoms with Crippen LogP contribution in [0.5, 0.6) is 0 Å². The highest BCUT2D eigenvalue weighted by Crippen LogP contribution is 2.36. The van der Waals surface area contributed by atoms with Crippen molar-refractivity contribution in [2.75, 3.05) is 0 Å². The molecule has 0 atom stereocenters. The number of rotatable bonds is 2. The van der Waals surface area contributed by atoms with Crippen molar-refractivity contribution in [2.45, 2.75) is 33.6 Å². The van der Waals surface area contributed by atoms with Crippen molar-refractivity contribution in [3.05, 3.63) is 46.7 Å². The van der Waals surface area contributed by atoms with Crippen LogP contribution in [0.25, 0.3) is 0 Å². The first kappa shape index (κ1) is 16.1. The highest BCUT2D eigenvalue weighted by Gasteiger charge is 2.38. The van der Waals surface area contributed by atoms with E-state index in [0.29, 0.717) is 6.42 Å². The Morgan fingerprint density at radius 1 is 1.08 bits per heavy atom. The van der Waals surface area contributed by atoms with Crippen molar-refractivity contribution >= 4 is 23.3 Å². The van der Waals surface area contributed by atoms with Gasteiger partial charge in [0.05, 0.1) is 22.4 Å². The maximum Gasteiger partial charge on any atom is 0.282 e. The normalized spacial score (nSPS) is 20.7. The quantitative estimate of drug-likeness (QED) is 0.669. The Hall–Kier alpha value is -2.76. The zero-order valence-electron chi connectivity index (χ0n) is 13.8. The fourth-order valence-corrected chi connectivity index (χ4v) is 3.17. The fourth-order valence-electron chi connectivity index (χ4n) is 3.17. The third-order valence-corrected chi connectivity index (χ3v) is 4.24. The van der Waals surface area contributed by atoms with E-state index in [0.717, 1.165) is 5.01 Å². The Kier molecular flexibility index (Phi) is 3.63. The number of amides is 2. The predicted octanol–water partition coefficient (Wildman–Crippen LogP) is 2.86. The van der Waals surface area contributed by atoms with Crippen LogP contribution in [0.2, 0.25) is 0 Å². The number of aliphatic hydroxyl groups excluding tert-OH is 1. The van der Waals surface area contributed by atoms with Gasteiger partial charge >= 0.3 is 0 Å². The van der Waals surface area contributed by atoms with Crippen molar-refractivity contribution in [3.8, 4) is 0 Å². The highest BCUT2D eigenvalue weighted by molar-refractivity contribution is 6.25. The number of aliphatic hydroxyl groups is 1. The lowest BCUT2D eigenvalue weighted by Crippen LogP contribution is -2.31. The fraction of sp³-hybridized carbons (Fsp3) is 0.333. The molecule has 0 saturated heterocycles. The van der Waals surface area contributed by atoms with E-state index in [1.807, 2.05) is 13.8 Å². The van der Waals surface area contributed by atoms with E-state index in [9.17, 15) is 19.5 Å². The molecular formula is C18H18N2O4. The van der Waals surface area contributed by atoms with Crippen molar-refractivity contribution in [3.63, 3.8) is 0 Å². The molecule has 0 bridgehead atoms. The lowest BCUT2D eigenvalue weighted by atomic mass is 9.76. The SMILES string of the molecule is CC(=NN1C(=O)c2ccccc2C1=O)C1=C(O)CC(C)(C)CC1=O. The largest absolute Gasteiger partial charge is 0.511 e. The molecule has 1 aliphatic heterocycles. The van der Waals surface area contributed by atoms with Gasteiger partial charge in [-0.1, -0.05) is 26.0 Å². The molecule has 3 rings (SSSR count). The van der Waals surface area contributed by atoms with Crippen LogP contribution >= 0.6 is 0 Å². The molecule has 2 aliphatic rings. The van der Waals surface area contributed by atoms with Crippen molar-refractivity contribution in [1.29, 1.82) is 0 Å². The summed E-state index contributed by atoms with van der Waals surface area (Å²) in [5, 5.41) is 15.0. The first-order valence-electron chi connectivity index (χ1n) is 7.70. The number of imide groups is 1. The van der Waals surface area contributed by atoms with Gasteiger partial charge in [0.2, 0.25) is 0 Å². The van der Waals surface area contributed by atoms with Gasteiger partial charge in [-0.2, -0.15) is 10.1 Å². The number of hydrogen-bond acceptors (Lipinski definition) is 5. The number of nitrogens with zero attached hydrogens (tertiary/aromatic N) is 2. The molecule has 1 aromatic carbocycles. The topological polar surface area (TPSA) is 87.0 Å². The van der Waals surface area contributed by atoms with Gasteiger partial charge in [0.25, 0.3) is 11.8 Å². The minimum absolute atomic E-state index is 0.0471. The molecule has 1 aliphatic carbocycles. The molecule has 24 heavy (non-hydrogen) atoms. The number of hydrogen-bond donors (Lipinski definition) is 1. The summed E-state index contributed by atoms with van der Waals surface area (Å²) < 4.78 is 0. The van der Waals surface area contributed by atoms with Crippen LogP contribution in [0.15, 0.2) is 40.7 Å². The molecule has 0 saturated carbocycles. The molecule has 2 amide bonds. The minimum Gasteiger partial charge on any atom is -0.511 e. The summed E-state index contributed by atoms with van der Waals surface area (Å²) in [7, 11) is 0. The molecule has 0 spiro atoms. The van der Waals surface area contributed by atoms with Gasteiger partial charge in [-0.05, 0) is 24.5 Å². The van der Waals surface area contributed by atoms with Crippen LogP contribution in [0, 0.1) is 5.41 Å². The van der Waals surface area contributed by atoms with E-state index in [-0.39, 0.29) is 45.8 Å². The Morgan fingerprint density at radius 2 is 1.62 bits per heavy atom. The lowest BCUT2D eigenvalue weighted by Gasteiger charge is -2.29. The summed E-state index contributed by atoms with van der Waals surface area (Å²) in [6.07, 6.45) is 0.629. The second kappa shape index (κ2) is 5.40. The van der Waals surface area contributed by atoms with Gasteiger partial charge in [-0.15, -0.1) is 0 Å². The molecule has 6 nitrogen and oxygen atoms in total. The van der Waals surface area contributed by atoms with Gasteiger partial charge < -0.3 is 5.11 Å². The monoisotopic (exact) mass is 326 g/mol. The minimum atomic E-state index is -0.529. The average Bonchev–Trinajstić information content (AvgIpc) is 2.71. The number of fused-ring (bicyclic) bond motifs is 1. The summed E-state index contributed by atoms with van der Waals surface area (Å²) >= 11 is 0. The summed E-state index contributed by atoms with van der Waals surface area (Å²) in [4.78, 5) is 37.0. The number of carbonyl (C=O) groups excluding carboxylic acids is 3. The van der Waals surface area contributed by atoms with E-state index in [4.69, 9.17) is 0 Å². The summed E-state index contributed by atoms with van der Waals surface area (Å²) in [5.74, 6) is -1.34. The van der Waals surface area contributed by atoms with E-state index in [2.05, 4.69) is 5.10 Å². The maximum atomic E-state index is 12.3.